The van der Waals surface area contributed by atoms with Crippen molar-refractivity contribution in [2.75, 3.05) is 0 Å². The van der Waals surface area contributed by atoms with Gasteiger partial charge in [-0.1, -0.05) is 280 Å². The zero-order chi connectivity index (χ0) is 46.1. The fourth-order valence-electron chi connectivity index (χ4n) is 13.4. The van der Waals surface area contributed by atoms with E-state index >= 15 is 0 Å². The number of fused-ring (bicyclic) bond motifs is 4. The predicted molar refractivity (Wildman–Crippen MR) is 291 cm³/mol. The lowest BCUT2D eigenvalue weighted by atomic mass is 9.60. The Labute approximate surface area is 405 Å². The third kappa shape index (κ3) is 5.69. The van der Waals surface area contributed by atoms with Crippen LogP contribution in [0.15, 0.2) is 277 Å². The third-order valence-electron chi connectivity index (χ3n) is 16.2. The van der Waals surface area contributed by atoms with E-state index in [2.05, 4.69) is 283 Å². The lowest BCUT2D eigenvalue weighted by Crippen LogP contribution is -2.39. The van der Waals surface area contributed by atoms with Gasteiger partial charge in [0.25, 0.3) is 0 Å². The van der Waals surface area contributed by atoms with Gasteiger partial charge in [0.2, 0.25) is 0 Å². The molecule has 0 saturated carbocycles. The minimum absolute atomic E-state index is 0.378. The maximum absolute atomic E-state index is 2.65. The van der Waals surface area contributed by atoms with Gasteiger partial charge in [0.05, 0.1) is 10.3 Å². The highest BCUT2D eigenvalue weighted by Gasteiger charge is 2.71. The van der Waals surface area contributed by atoms with E-state index in [9.17, 15) is 0 Å². The highest BCUT2D eigenvalue weighted by molar-refractivity contribution is 7.76. The quantitative estimate of drug-likeness (QED) is 0.120. The number of allylic oxidation sites excluding steroid dienone is 8. The van der Waals surface area contributed by atoms with Crippen molar-refractivity contribution in [2.45, 2.75) is 38.0 Å². The van der Waals surface area contributed by atoms with Crippen LogP contribution in [-0.4, -0.2) is 0 Å². The van der Waals surface area contributed by atoms with Crippen LogP contribution in [0.4, 0.5) is 0 Å². The summed E-state index contributed by atoms with van der Waals surface area (Å²) in [6.45, 7) is 10.1. The van der Waals surface area contributed by atoms with Crippen molar-refractivity contribution < 1.29 is 0 Å². The van der Waals surface area contributed by atoms with Gasteiger partial charge in [0.15, 0.2) is 0 Å². The molecule has 0 spiro atoms. The fraction of sp³-hybridized carbons (Fsp3) is 0.121. The Morgan fingerprint density at radius 3 is 0.765 bits per heavy atom. The Bertz CT molecular complexity index is 3030. The molecule has 0 amide bonds. The van der Waals surface area contributed by atoms with Gasteiger partial charge in [-0.25, -0.2) is 0 Å². The van der Waals surface area contributed by atoms with Crippen LogP contribution in [0.5, 0.6) is 0 Å². The first-order chi connectivity index (χ1) is 33.4. The van der Waals surface area contributed by atoms with Crippen LogP contribution in [0.2, 0.25) is 0 Å². The van der Waals surface area contributed by atoms with E-state index in [0.717, 1.165) is 0 Å². The van der Waals surface area contributed by atoms with Gasteiger partial charge in [0.1, 0.15) is 0 Å². The Morgan fingerprint density at radius 2 is 0.515 bits per heavy atom. The molecule has 328 valence electrons. The first-order valence-electron chi connectivity index (χ1n) is 24.0. The Morgan fingerprint density at radius 1 is 0.294 bits per heavy atom. The van der Waals surface area contributed by atoms with Crippen molar-refractivity contribution in [1.29, 1.82) is 0 Å². The van der Waals surface area contributed by atoms with E-state index in [1.54, 1.807) is 0 Å². The summed E-state index contributed by atoms with van der Waals surface area (Å²) in [4.78, 5) is 0. The van der Waals surface area contributed by atoms with Gasteiger partial charge in [-0.2, -0.15) is 0 Å². The van der Waals surface area contributed by atoms with E-state index in [1.165, 1.54) is 88.1 Å². The minimum atomic E-state index is -1.06. The van der Waals surface area contributed by atoms with Crippen molar-refractivity contribution in [1.82, 2.24) is 0 Å². The summed E-state index contributed by atoms with van der Waals surface area (Å²) in [7, 11) is -2.12. The summed E-state index contributed by atoms with van der Waals surface area (Å²) in [5, 5.41) is 5.17. The number of benzene rings is 8. The molecule has 0 N–H and O–H groups in total. The normalized spacial score (nSPS) is 23.4. The molecule has 0 saturated heterocycles. The van der Waals surface area contributed by atoms with Crippen molar-refractivity contribution in [2.24, 2.45) is 10.8 Å². The summed E-state index contributed by atoms with van der Waals surface area (Å²) in [5.74, 6) is 0. The summed E-state index contributed by atoms with van der Waals surface area (Å²) in [6.07, 6.45) is 5.30. The number of hydrogen-bond acceptors (Lipinski definition) is 0. The van der Waals surface area contributed by atoms with Crippen molar-refractivity contribution in [3.8, 4) is 0 Å². The lowest BCUT2D eigenvalue weighted by molar-refractivity contribution is 0.438. The van der Waals surface area contributed by atoms with Crippen LogP contribution in [0.3, 0.4) is 0 Å². The van der Waals surface area contributed by atoms with Crippen LogP contribution in [0, 0.1) is 10.8 Å². The molecule has 12 rings (SSSR count). The van der Waals surface area contributed by atoms with Crippen LogP contribution >= 0.6 is 15.8 Å². The van der Waals surface area contributed by atoms with Crippen LogP contribution < -0.4 is 0 Å². The van der Waals surface area contributed by atoms with Gasteiger partial charge in [-0.15, -0.1) is 0 Å². The van der Waals surface area contributed by atoms with Crippen LogP contribution in [0.25, 0.3) is 21.8 Å². The third-order valence-corrected chi connectivity index (χ3v) is 23.2. The molecule has 0 aliphatic carbocycles. The van der Waals surface area contributed by atoms with Crippen molar-refractivity contribution in [3.05, 3.63) is 321 Å². The van der Waals surface area contributed by atoms with E-state index in [1.807, 2.05) is 0 Å². The molecule has 0 nitrogen and oxygen atoms in total. The molecule has 8 aromatic rings. The molecular weight excluding hydrogens is 855 g/mol. The second kappa shape index (κ2) is 16.5. The Hall–Kier alpha value is -6.68. The zero-order valence-corrected chi connectivity index (χ0v) is 40.9. The largest absolute Gasteiger partial charge is 0.0622 e. The molecule has 0 fully saturated rings. The van der Waals surface area contributed by atoms with Gasteiger partial charge in [0, 0.05) is 10.8 Å². The SMILES string of the molecule is CC1=C(c2ccccc2)P2C(/C=C\C3=C(c4ccccc4)C4(C)C(C)=C(c5ccccc5)P3C4(c3ccccc3)c3ccccc3)=C(c3ccccc3)C1(C)C2(c1ccccc1)c1ccccc1. The average Bonchev–Trinajstić information content (AvgIpc) is 3.95. The van der Waals surface area contributed by atoms with Gasteiger partial charge in [-0.3, -0.25) is 0 Å². The second-order valence-electron chi connectivity index (χ2n) is 19.1. The van der Waals surface area contributed by atoms with Gasteiger partial charge < -0.3 is 0 Å². The number of rotatable bonds is 10. The molecule has 8 aromatic carbocycles. The first kappa shape index (κ1) is 42.7. The molecule has 4 heterocycles. The standard InChI is InChI=1S/C66H54P2/c1-47-61(51-33-17-7-18-34-51)67-57(59(49-29-13-5-14-30-49)63(47,3)65(67,53-37-21-9-22-38-53)54-39-23-10-24-40-54)45-46-58-60(50-31-15-6-16-32-50)64(4)48(2)62(52-35-19-8-20-36-52)68(58)66(64,55-41-25-11-26-42-55)56-43-27-12-28-44-56/h5-46H,1-4H3/b46-45-. The summed E-state index contributed by atoms with van der Waals surface area (Å²) < 4.78 is 0. The fourth-order valence-corrected chi connectivity index (χ4v) is 21.9. The summed E-state index contributed by atoms with van der Waals surface area (Å²) >= 11 is 0. The highest BCUT2D eigenvalue weighted by Crippen LogP contribution is 2.93. The van der Waals surface area contributed by atoms with Crippen molar-refractivity contribution >= 4 is 37.6 Å². The van der Waals surface area contributed by atoms with Crippen LogP contribution in [-0.2, 0) is 10.3 Å². The molecule has 4 unspecified atom stereocenters. The highest BCUT2D eigenvalue weighted by atomic mass is 31.1. The smallest absolute Gasteiger partial charge is 0.0614 e. The van der Waals surface area contributed by atoms with E-state index in [4.69, 9.17) is 0 Å². The lowest BCUT2D eigenvalue weighted by Gasteiger charge is -2.45. The van der Waals surface area contributed by atoms with Crippen LogP contribution in [0.1, 0.15) is 72.2 Å². The van der Waals surface area contributed by atoms with E-state index < -0.39 is 15.8 Å². The Balaban J connectivity index is 1.20. The average molecular weight is 909 g/mol. The van der Waals surface area contributed by atoms with E-state index in [-0.39, 0.29) is 21.1 Å². The Kier molecular flexibility index (Phi) is 10.4. The van der Waals surface area contributed by atoms with Gasteiger partial charge >= 0.3 is 0 Å². The maximum Gasteiger partial charge on any atom is 0.0614 e. The molecule has 4 aliphatic rings. The predicted octanol–water partition coefficient (Wildman–Crippen LogP) is 18.1. The summed E-state index contributed by atoms with van der Waals surface area (Å²) in [6, 6.07) is 91.6. The molecule has 4 aliphatic heterocycles. The van der Waals surface area contributed by atoms with Gasteiger partial charge in [-0.05, 0) is 107 Å². The molecule has 68 heavy (non-hydrogen) atoms. The monoisotopic (exact) mass is 908 g/mol. The topological polar surface area (TPSA) is 0 Å². The molecule has 2 heteroatoms. The molecule has 0 aromatic heterocycles. The summed E-state index contributed by atoms with van der Waals surface area (Å²) in [5.41, 5.74) is 15.8. The number of hydrogen-bond donors (Lipinski definition) is 0. The maximum atomic E-state index is 2.65. The van der Waals surface area contributed by atoms with Crippen molar-refractivity contribution in [3.63, 3.8) is 0 Å². The molecule has 0 radical (unpaired) electrons. The molecule has 4 bridgehead atoms. The molecule has 4 atom stereocenters. The second-order valence-corrected chi connectivity index (χ2v) is 23.6. The first-order valence-corrected chi connectivity index (χ1v) is 26.7. The minimum Gasteiger partial charge on any atom is -0.0622 e. The van der Waals surface area contributed by atoms with E-state index in [0.29, 0.717) is 0 Å². The zero-order valence-electron chi connectivity index (χ0n) is 39.1. The molecular formula is C66H54P2.